The molecule has 11 heteroatoms. The Morgan fingerprint density at radius 1 is 1.06 bits per heavy atom. The number of ether oxygens (including phenoxy) is 1. The van der Waals surface area contributed by atoms with E-state index >= 15 is 0 Å². The number of piperazine rings is 1. The molecule has 1 heterocycles. The van der Waals surface area contributed by atoms with Crippen LogP contribution in [0, 0.1) is 0 Å². The van der Waals surface area contributed by atoms with E-state index in [-0.39, 0.29) is 29.1 Å². The summed E-state index contributed by atoms with van der Waals surface area (Å²) < 4.78 is 68.9. The lowest BCUT2D eigenvalue weighted by Crippen LogP contribution is -2.58. The number of carboxylic acid groups (broad SMARTS) is 1. The number of hydrogen-bond acceptors (Lipinski definition) is 5. The van der Waals surface area contributed by atoms with Crippen molar-refractivity contribution in [2.45, 2.75) is 56.5 Å². The highest BCUT2D eigenvalue weighted by Gasteiger charge is 2.38. The van der Waals surface area contributed by atoms with Gasteiger partial charge in [-0.05, 0) is 68.6 Å². The van der Waals surface area contributed by atoms with E-state index in [4.69, 9.17) is 5.11 Å². The lowest BCUT2D eigenvalue weighted by molar-refractivity contribution is -0.274. The second-order valence-electron chi connectivity index (χ2n) is 8.81. The van der Waals surface area contributed by atoms with E-state index < -0.39 is 22.4 Å². The van der Waals surface area contributed by atoms with Gasteiger partial charge in [-0.25, -0.2) is 8.42 Å². The summed E-state index contributed by atoms with van der Waals surface area (Å²) in [4.78, 5) is 13.3. The maximum absolute atomic E-state index is 13.3. The molecule has 2 aromatic rings. The molecular formula is C24H29F3N2O5S. The van der Waals surface area contributed by atoms with Crippen LogP contribution in [0.3, 0.4) is 0 Å². The average molecular weight is 515 g/mol. The highest BCUT2D eigenvalue weighted by Crippen LogP contribution is 2.27. The van der Waals surface area contributed by atoms with Crippen molar-refractivity contribution < 1.29 is 36.2 Å². The van der Waals surface area contributed by atoms with Crippen LogP contribution in [-0.4, -0.2) is 66.8 Å². The van der Waals surface area contributed by atoms with Gasteiger partial charge in [0.2, 0.25) is 10.0 Å². The van der Waals surface area contributed by atoms with E-state index in [2.05, 4.69) is 9.64 Å². The molecule has 0 saturated carbocycles. The molecule has 1 unspecified atom stereocenters. The van der Waals surface area contributed by atoms with Gasteiger partial charge in [-0.3, -0.25) is 4.79 Å². The first-order chi connectivity index (χ1) is 16.3. The average Bonchev–Trinajstić information content (AvgIpc) is 2.73. The fraction of sp³-hybridized carbons (Fsp3) is 0.458. The van der Waals surface area contributed by atoms with Crippen molar-refractivity contribution in [1.82, 2.24) is 9.21 Å². The summed E-state index contributed by atoms with van der Waals surface area (Å²) in [5.41, 5.74) is 1.32. The number of sulfonamides is 1. The van der Waals surface area contributed by atoms with Crippen LogP contribution in [-0.2, 0) is 27.7 Å². The van der Waals surface area contributed by atoms with Gasteiger partial charge < -0.3 is 14.7 Å². The second-order valence-corrected chi connectivity index (χ2v) is 10.6. The molecule has 1 aliphatic rings. The number of aliphatic carboxylic acids is 1. The topological polar surface area (TPSA) is 87.2 Å². The second kappa shape index (κ2) is 11.0. The highest BCUT2D eigenvalue weighted by atomic mass is 32.2. The predicted molar refractivity (Wildman–Crippen MR) is 124 cm³/mol. The van der Waals surface area contributed by atoms with E-state index in [1.54, 1.807) is 24.3 Å². The third kappa shape index (κ3) is 7.42. The Morgan fingerprint density at radius 3 is 2.26 bits per heavy atom. The van der Waals surface area contributed by atoms with Gasteiger partial charge in [0, 0.05) is 25.2 Å². The molecule has 1 fully saturated rings. The number of alkyl halides is 3. The molecule has 0 spiro atoms. The van der Waals surface area contributed by atoms with Crippen LogP contribution in [0.4, 0.5) is 13.2 Å². The molecule has 0 bridgehead atoms. The van der Waals surface area contributed by atoms with Gasteiger partial charge in [-0.15, -0.1) is 13.2 Å². The van der Waals surface area contributed by atoms with Gasteiger partial charge in [-0.1, -0.05) is 24.3 Å². The minimum atomic E-state index is -4.72. The summed E-state index contributed by atoms with van der Waals surface area (Å²) in [5.74, 6) is -1.28. The van der Waals surface area contributed by atoms with Crippen molar-refractivity contribution in [3.05, 3.63) is 59.7 Å². The standard InChI is InChI=1S/C24H29F3N2O5S/c1-17-15-28(12-4-6-19-8-10-21(11-9-19)34-24(25,26)27)16-18(2)29(17)35(32,33)22-7-3-5-20(13-22)14-23(30)31/h3,5,7-11,13,17-18H,4,6,12,14-16H2,1-2H3,(H,30,31)/t17-,18?/m0/s1. The smallest absolute Gasteiger partial charge is 0.481 e. The summed E-state index contributed by atoms with van der Waals surface area (Å²) in [6.07, 6.45) is -3.53. The monoisotopic (exact) mass is 514 g/mol. The Bertz CT molecular complexity index is 1110. The molecule has 2 atom stereocenters. The van der Waals surface area contributed by atoms with Gasteiger partial charge in [0.1, 0.15) is 5.75 Å². The van der Waals surface area contributed by atoms with Crippen LogP contribution in [0.25, 0.3) is 0 Å². The van der Waals surface area contributed by atoms with Crippen molar-refractivity contribution in [2.24, 2.45) is 0 Å². The van der Waals surface area contributed by atoms with E-state index in [1.807, 2.05) is 13.8 Å². The molecule has 0 aromatic heterocycles. The molecule has 1 N–H and O–H groups in total. The molecule has 0 amide bonds. The van der Waals surface area contributed by atoms with Crippen LogP contribution in [0.2, 0.25) is 0 Å². The summed E-state index contributed by atoms with van der Waals surface area (Å²) >= 11 is 0. The number of carbonyl (C=O) groups is 1. The van der Waals surface area contributed by atoms with Crippen LogP contribution in [0.15, 0.2) is 53.4 Å². The first-order valence-electron chi connectivity index (χ1n) is 11.3. The SMILES string of the molecule is CC1CN(CCCc2ccc(OC(F)(F)F)cc2)C[C@H](C)N1S(=O)(=O)c1cccc(CC(=O)O)c1. The zero-order valence-corrected chi connectivity index (χ0v) is 20.3. The quantitative estimate of drug-likeness (QED) is 0.546. The number of rotatable bonds is 9. The summed E-state index contributed by atoms with van der Waals surface area (Å²) in [6, 6.07) is 11.3. The summed E-state index contributed by atoms with van der Waals surface area (Å²) in [7, 11) is -3.80. The molecule has 3 rings (SSSR count). The Kier molecular flexibility index (Phi) is 8.45. The van der Waals surface area contributed by atoms with Crippen molar-refractivity contribution in [3.8, 4) is 5.75 Å². The fourth-order valence-corrected chi connectivity index (χ4v) is 6.43. The fourth-order valence-electron chi connectivity index (χ4n) is 4.55. The molecular weight excluding hydrogens is 485 g/mol. The maximum atomic E-state index is 13.3. The molecule has 192 valence electrons. The Hall–Kier alpha value is -2.63. The Balaban J connectivity index is 1.57. The number of benzene rings is 2. The highest BCUT2D eigenvalue weighted by molar-refractivity contribution is 7.89. The minimum Gasteiger partial charge on any atom is -0.481 e. The predicted octanol–water partition coefficient (Wildman–Crippen LogP) is 3.93. The van der Waals surface area contributed by atoms with Crippen LogP contribution in [0.1, 0.15) is 31.4 Å². The minimum absolute atomic E-state index is 0.0846. The van der Waals surface area contributed by atoms with E-state index in [0.717, 1.165) is 18.5 Å². The van der Waals surface area contributed by atoms with Crippen molar-refractivity contribution in [1.29, 1.82) is 0 Å². The molecule has 35 heavy (non-hydrogen) atoms. The summed E-state index contributed by atoms with van der Waals surface area (Å²) in [5, 5.41) is 9.01. The summed E-state index contributed by atoms with van der Waals surface area (Å²) in [6.45, 7) is 5.49. The molecule has 1 aliphatic heterocycles. The molecule has 7 nitrogen and oxygen atoms in total. The van der Waals surface area contributed by atoms with Gasteiger partial charge in [0.05, 0.1) is 11.3 Å². The third-order valence-electron chi connectivity index (χ3n) is 5.84. The molecule has 0 aliphatic carbocycles. The molecule has 2 aromatic carbocycles. The van der Waals surface area contributed by atoms with Crippen LogP contribution in [0.5, 0.6) is 5.75 Å². The van der Waals surface area contributed by atoms with Crippen molar-refractivity contribution in [3.63, 3.8) is 0 Å². The number of aryl methyl sites for hydroxylation is 1. The van der Waals surface area contributed by atoms with Crippen LogP contribution >= 0.6 is 0 Å². The van der Waals surface area contributed by atoms with Crippen molar-refractivity contribution >= 4 is 16.0 Å². The number of carboxylic acids is 1. The number of hydrogen-bond donors (Lipinski definition) is 1. The van der Waals surface area contributed by atoms with Gasteiger partial charge in [0.25, 0.3) is 0 Å². The van der Waals surface area contributed by atoms with E-state index in [0.29, 0.717) is 25.1 Å². The van der Waals surface area contributed by atoms with Crippen LogP contribution < -0.4 is 4.74 Å². The first kappa shape index (κ1) is 27.0. The molecule has 0 radical (unpaired) electrons. The van der Waals surface area contributed by atoms with Gasteiger partial charge >= 0.3 is 12.3 Å². The number of nitrogens with zero attached hydrogens (tertiary/aromatic N) is 2. The zero-order chi connectivity index (χ0) is 25.8. The van der Waals surface area contributed by atoms with E-state index in [1.165, 1.54) is 28.6 Å². The lowest BCUT2D eigenvalue weighted by Gasteiger charge is -2.43. The van der Waals surface area contributed by atoms with Gasteiger partial charge in [-0.2, -0.15) is 4.31 Å². The van der Waals surface area contributed by atoms with Gasteiger partial charge in [0.15, 0.2) is 0 Å². The van der Waals surface area contributed by atoms with Crippen molar-refractivity contribution in [2.75, 3.05) is 19.6 Å². The Morgan fingerprint density at radius 2 is 1.69 bits per heavy atom. The largest absolute Gasteiger partial charge is 0.573 e. The first-order valence-corrected chi connectivity index (χ1v) is 12.7. The lowest BCUT2D eigenvalue weighted by atomic mass is 10.1. The maximum Gasteiger partial charge on any atom is 0.573 e. The number of halogens is 3. The van der Waals surface area contributed by atoms with E-state index in [9.17, 15) is 26.4 Å². The Labute approximate surface area is 203 Å². The third-order valence-corrected chi connectivity index (χ3v) is 7.96. The molecule has 1 saturated heterocycles. The zero-order valence-electron chi connectivity index (χ0n) is 19.5. The normalized spacial score (nSPS) is 20.0.